The van der Waals surface area contributed by atoms with Crippen molar-refractivity contribution in [1.29, 1.82) is 0 Å². The Morgan fingerprint density at radius 3 is 2.33 bits per heavy atom. The van der Waals surface area contributed by atoms with Crippen LogP contribution in [0.25, 0.3) is 0 Å². The minimum Gasteiger partial charge on any atom is -0.378 e. The average molecular weight is 432 g/mol. The molecule has 0 unspecified atom stereocenters. The van der Waals surface area contributed by atoms with Crippen LogP contribution in [0.2, 0.25) is 0 Å². The van der Waals surface area contributed by atoms with E-state index in [1.54, 1.807) is 54.3 Å². The zero-order valence-electron chi connectivity index (χ0n) is 17.2. The van der Waals surface area contributed by atoms with Crippen molar-refractivity contribution in [2.75, 3.05) is 49.2 Å². The van der Waals surface area contributed by atoms with Gasteiger partial charge in [0.1, 0.15) is 0 Å². The first-order chi connectivity index (χ1) is 14.2. The highest BCUT2D eigenvalue weighted by Crippen LogP contribution is 2.26. The smallest absolute Gasteiger partial charge is 0.256 e. The molecule has 1 aliphatic heterocycles. The number of carbonyl (C=O) groups is 2. The summed E-state index contributed by atoms with van der Waals surface area (Å²) < 4.78 is 30.2. The largest absolute Gasteiger partial charge is 0.378 e. The number of nitrogens with zero attached hydrogens (tertiary/aromatic N) is 2. The lowest BCUT2D eigenvalue weighted by Crippen LogP contribution is -2.41. The number of rotatable bonds is 5. The van der Waals surface area contributed by atoms with E-state index in [4.69, 9.17) is 4.74 Å². The van der Waals surface area contributed by atoms with Crippen molar-refractivity contribution in [2.24, 2.45) is 0 Å². The molecule has 0 saturated carbocycles. The molecular formula is C21H25N3O5S. The van der Waals surface area contributed by atoms with Gasteiger partial charge in [-0.15, -0.1) is 0 Å². The molecule has 2 amide bonds. The van der Waals surface area contributed by atoms with E-state index in [0.29, 0.717) is 54.4 Å². The second kappa shape index (κ2) is 8.85. The number of carbonyl (C=O) groups excluding carboxylic acids is 2. The summed E-state index contributed by atoms with van der Waals surface area (Å²) in [5, 5.41) is 2.81. The van der Waals surface area contributed by atoms with Crippen molar-refractivity contribution in [1.82, 2.24) is 4.90 Å². The lowest BCUT2D eigenvalue weighted by molar-refractivity contribution is 0.0303. The zero-order chi connectivity index (χ0) is 21.9. The molecule has 3 rings (SSSR count). The predicted octanol–water partition coefficient (Wildman–Crippen LogP) is 2.12. The standard InChI is InChI=1S/C21H25N3O5S/c1-15-16(8-6-10-19(15)23(2)30(3,27)28)20(25)22-18-9-5-4-7-17(18)21(26)24-11-13-29-14-12-24/h4-10H,11-14H2,1-3H3,(H,22,25). The Labute approximate surface area is 176 Å². The number of anilines is 2. The van der Waals surface area contributed by atoms with E-state index >= 15 is 0 Å². The van der Waals surface area contributed by atoms with Gasteiger partial charge in [0.15, 0.2) is 0 Å². The van der Waals surface area contributed by atoms with E-state index in [1.807, 2.05) is 0 Å². The Balaban J connectivity index is 1.88. The molecule has 0 aromatic heterocycles. The number of para-hydroxylation sites is 1. The summed E-state index contributed by atoms with van der Waals surface area (Å²) in [4.78, 5) is 27.6. The minimum absolute atomic E-state index is 0.170. The SMILES string of the molecule is Cc1c(C(=O)Nc2ccccc2C(=O)N2CCOCC2)cccc1N(C)S(C)(=O)=O. The number of sulfonamides is 1. The summed E-state index contributed by atoms with van der Waals surface area (Å²) >= 11 is 0. The molecule has 0 bridgehead atoms. The maximum atomic E-state index is 13.0. The molecule has 1 N–H and O–H groups in total. The Morgan fingerprint density at radius 2 is 1.67 bits per heavy atom. The quantitative estimate of drug-likeness (QED) is 0.782. The van der Waals surface area contributed by atoms with Crippen molar-refractivity contribution in [3.05, 3.63) is 59.2 Å². The Kier molecular flexibility index (Phi) is 6.42. The van der Waals surface area contributed by atoms with Crippen LogP contribution in [0.15, 0.2) is 42.5 Å². The second-order valence-corrected chi connectivity index (χ2v) is 9.10. The van der Waals surface area contributed by atoms with Crippen molar-refractivity contribution in [3.8, 4) is 0 Å². The molecule has 30 heavy (non-hydrogen) atoms. The molecule has 160 valence electrons. The predicted molar refractivity (Wildman–Crippen MR) is 116 cm³/mol. The fraction of sp³-hybridized carbons (Fsp3) is 0.333. The fourth-order valence-corrected chi connectivity index (χ4v) is 3.85. The van der Waals surface area contributed by atoms with Crippen molar-refractivity contribution < 1.29 is 22.7 Å². The van der Waals surface area contributed by atoms with Gasteiger partial charge in [-0.25, -0.2) is 8.42 Å². The summed E-state index contributed by atoms with van der Waals surface area (Å²) in [6.45, 7) is 3.66. The first-order valence-electron chi connectivity index (χ1n) is 9.51. The van der Waals surface area contributed by atoms with Gasteiger partial charge >= 0.3 is 0 Å². The monoisotopic (exact) mass is 431 g/mol. The molecule has 1 saturated heterocycles. The van der Waals surface area contributed by atoms with Crippen LogP contribution < -0.4 is 9.62 Å². The van der Waals surface area contributed by atoms with Gasteiger partial charge in [-0.05, 0) is 36.8 Å². The lowest BCUT2D eigenvalue weighted by Gasteiger charge is -2.27. The molecule has 0 radical (unpaired) electrons. The third-order valence-electron chi connectivity index (χ3n) is 5.09. The molecule has 0 atom stereocenters. The third kappa shape index (κ3) is 4.63. The van der Waals surface area contributed by atoms with Crippen LogP contribution in [-0.4, -0.2) is 64.7 Å². The van der Waals surface area contributed by atoms with Gasteiger partial charge in [0.05, 0.1) is 36.4 Å². The van der Waals surface area contributed by atoms with Crippen LogP contribution in [-0.2, 0) is 14.8 Å². The van der Waals surface area contributed by atoms with E-state index < -0.39 is 15.9 Å². The molecule has 1 aliphatic rings. The van der Waals surface area contributed by atoms with Crippen molar-refractivity contribution in [2.45, 2.75) is 6.92 Å². The van der Waals surface area contributed by atoms with Crippen molar-refractivity contribution >= 4 is 33.2 Å². The number of morpholine rings is 1. The maximum Gasteiger partial charge on any atom is 0.256 e. The number of benzene rings is 2. The summed E-state index contributed by atoms with van der Waals surface area (Å²) in [7, 11) is -2.03. The maximum absolute atomic E-state index is 13.0. The van der Waals surface area contributed by atoms with Crippen LogP contribution in [0, 0.1) is 6.92 Å². The molecule has 9 heteroatoms. The molecule has 1 fully saturated rings. The summed E-state index contributed by atoms with van der Waals surface area (Å²) in [6, 6.07) is 11.7. The number of hydrogen-bond donors (Lipinski definition) is 1. The average Bonchev–Trinajstić information content (AvgIpc) is 2.73. The number of ether oxygens (including phenoxy) is 1. The van der Waals surface area contributed by atoms with E-state index in [0.717, 1.165) is 10.6 Å². The Morgan fingerprint density at radius 1 is 1.03 bits per heavy atom. The fourth-order valence-electron chi connectivity index (χ4n) is 3.29. The van der Waals surface area contributed by atoms with Gasteiger partial charge in [-0.1, -0.05) is 18.2 Å². The Bertz CT molecular complexity index is 1060. The highest BCUT2D eigenvalue weighted by molar-refractivity contribution is 7.92. The highest BCUT2D eigenvalue weighted by atomic mass is 32.2. The van der Waals surface area contributed by atoms with Gasteiger partial charge in [-0.3, -0.25) is 13.9 Å². The van der Waals surface area contributed by atoms with Crippen molar-refractivity contribution in [3.63, 3.8) is 0 Å². The van der Waals surface area contributed by atoms with Gasteiger partial charge in [0.25, 0.3) is 11.8 Å². The van der Waals surface area contributed by atoms with Gasteiger partial charge in [-0.2, -0.15) is 0 Å². The van der Waals surface area contributed by atoms with E-state index in [2.05, 4.69) is 5.32 Å². The minimum atomic E-state index is -3.47. The molecule has 1 heterocycles. The van der Waals surface area contributed by atoms with Crippen LogP contribution in [0.3, 0.4) is 0 Å². The summed E-state index contributed by atoms with van der Waals surface area (Å²) in [5.41, 5.74) is 2.08. The van der Waals surface area contributed by atoms with E-state index in [1.165, 1.54) is 7.05 Å². The van der Waals surface area contributed by atoms with E-state index in [-0.39, 0.29) is 5.91 Å². The summed E-state index contributed by atoms with van der Waals surface area (Å²) in [6.07, 6.45) is 1.10. The van der Waals surface area contributed by atoms with Crippen LogP contribution in [0.1, 0.15) is 26.3 Å². The zero-order valence-corrected chi connectivity index (χ0v) is 18.0. The second-order valence-electron chi connectivity index (χ2n) is 7.08. The van der Waals surface area contributed by atoms with Crippen LogP contribution in [0.4, 0.5) is 11.4 Å². The first kappa shape index (κ1) is 21.8. The number of amides is 2. The van der Waals surface area contributed by atoms with Gasteiger partial charge < -0.3 is 15.0 Å². The molecule has 0 spiro atoms. The van der Waals surface area contributed by atoms with Crippen LogP contribution in [0.5, 0.6) is 0 Å². The third-order valence-corrected chi connectivity index (χ3v) is 6.28. The lowest BCUT2D eigenvalue weighted by atomic mass is 10.1. The summed E-state index contributed by atoms with van der Waals surface area (Å²) in [5.74, 6) is -0.588. The Hall–Kier alpha value is -2.91. The topological polar surface area (TPSA) is 96.0 Å². The molecule has 2 aromatic rings. The van der Waals surface area contributed by atoms with Crippen LogP contribution >= 0.6 is 0 Å². The normalized spacial score (nSPS) is 14.3. The molecule has 0 aliphatic carbocycles. The molecule has 8 nitrogen and oxygen atoms in total. The molecule has 2 aromatic carbocycles. The number of hydrogen-bond acceptors (Lipinski definition) is 5. The van der Waals surface area contributed by atoms with Gasteiger partial charge in [0.2, 0.25) is 10.0 Å². The molecular weight excluding hydrogens is 406 g/mol. The van der Waals surface area contributed by atoms with Gasteiger partial charge in [0, 0.05) is 25.7 Å². The number of nitrogens with one attached hydrogen (secondary N) is 1. The highest BCUT2D eigenvalue weighted by Gasteiger charge is 2.23. The van der Waals surface area contributed by atoms with E-state index in [9.17, 15) is 18.0 Å². The first-order valence-corrected chi connectivity index (χ1v) is 11.4.